The van der Waals surface area contributed by atoms with Gasteiger partial charge in [-0.05, 0) is 18.2 Å². The summed E-state index contributed by atoms with van der Waals surface area (Å²) in [5.41, 5.74) is -0.330. The standard InChI is InChI=1S/C11H13F3N2/c12-11(13,14)9-2-1-3-10(8-9)16-6-4-15-5-7-16/h1-3,8,15H,4-7H2/i2D. The van der Waals surface area contributed by atoms with Crippen molar-refractivity contribution in [1.82, 2.24) is 5.32 Å². The van der Waals surface area contributed by atoms with Gasteiger partial charge in [0, 0.05) is 31.9 Å². The predicted molar refractivity (Wildman–Crippen MR) is 56.5 cm³/mol. The maximum absolute atomic E-state index is 12.6. The molecule has 0 atom stereocenters. The lowest BCUT2D eigenvalue weighted by Crippen LogP contribution is -2.43. The van der Waals surface area contributed by atoms with Gasteiger partial charge in [-0.25, -0.2) is 0 Å². The van der Waals surface area contributed by atoms with Gasteiger partial charge < -0.3 is 10.2 Å². The number of hydrogen-bond acceptors (Lipinski definition) is 2. The van der Waals surface area contributed by atoms with Crippen molar-refractivity contribution in [1.29, 1.82) is 0 Å². The third-order valence-electron chi connectivity index (χ3n) is 2.57. The van der Waals surface area contributed by atoms with E-state index in [1.54, 1.807) is 6.07 Å². The Morgan fingerprint density at radius 3 is 2.62 bits per heavy atom. The van der Waals surface area contributed by atoms with E-state index in [4.69, 9.17) is 1.37 Å². The number of nitrogens with one attached hydrogen (secondary N) is 1. The minimum atomic E-state index is -4.46. The maximum atomic E-state index is 12.6. The fourth-order valence-corrected chi connectivity index (χ4v) is 1.74. The summed E-state index contributed by atoms with van der Waals surface area (Å²) in [6.07, 6.45) is -4.46. The second kappa shape index (κ2) is 4.33. The van der Waals surface area contributed by atoms with E-state index in [0.717, 1.165) is 19.2 Å². The molecule has 16 heavy (non-hydrogen) atoms. The molecular formula is C11H13F3N2. The summed E-state index contributed by atoms with van der Waals surface area (Å²) < 4.78 is 45.2. The van der Waals surface area contributed by atoms with Crippen molar-refractivity contribution >= 4 is 5.69 Å². The Labute approximate surface area is 93.5 Å². The van der Waals surface area contributed by atoms with E-state index in [9.17, 15) is 13.2 Å². The second-order valence-corrected chi connectivity index (χ2v) is 3.70. The van der Waals surface area contributed by atoms with Gasteiger partial charge in [0.1, 0.15) is 0 Å². The van der Waals surface area contributed by atoms with Crippen LogP contribution in [0.1, 0.15) is 6.93 Å². The molecule has 0 saturated carbocycles. The number of nitrogens with zero attached hydrogens (tertiary/aromatic N) is 1. The Bertz CT molecular complexity index is 400. The quantitative estimate of drug-likeness (QED) is 0.796. The van der Waals surface area contributed by atoms with Crippen LogP contribution in [0.25, 0.3) is 0 Å². The topological polar surface area (TPSA) is 15.3 Å². The first kappa shape index (κ1) is 9.96. The van der Waals surface area contributed by atoms with E-state index < -0.39 is 17.8 Å². The average molecular weight is 231 g/mol. The van der Waals surface area contributed by atoms with Crippen LogP contribution in [0.5, 0.6) is 0 Å². The predicted octanol–water partition coefficient (Wildman–Crippen LogP) is 2.12. The number of benzene rings is 1. The molecule has 1 fully saturated rings. The summed E-state index contributed by atoms with van der Waals surface area (Å²) in [5, 5.41) is 3.14. The van der Waals surface area contributed by atoms with Crippen molar-refractivity contribution in [2.75, 3.05) is 31.1 Å². The molecule has 0 bridgehead atoms. The Morgan fingerprint density at radius 2 is 2.00 bits per heavy atom. The summed E-state index contributed by atoms with van der Waals surface area (Å²) in [6.45, 7) is 2.91. The highest BCUT2D eigenvalue weighted by Gasteiger charge is 2.30. The molecule has 1 N–H and O–H groups in total. The highest BCUT2D eigenvalue weighted by molar-refractivity contribution is 5.49. The average Bonchev–Trinajstić information content (AvgIpc) is 2.29. The van der Waals surface area contributed by atoms with Crippen molar-refractivity contribution in [2.45, 2.75) is 6.18 Å². The maximum Gasteiger partial charge on any atom is 0.416 e. The van der Waals surface area contributed by atoms with E-state index >= 15 is 0 Å². The summed E-state index contributed by atoms with van der Waals surface area (Å²) >= 11 is 0. The van der Waals surface area contributed by atoms with E-state index in [-0.39, 0.29) is 0 Å². The lowest BCUT2D eigenvalue weighted by atomic mass is 10.1. The first-order chi connectivity index (χ1) is 7.98. The molecule has 1 aromatic rings. The van der Waals surface area contributed by atoms with Gasteiger partial charge in [-0.15, -0.1) is 0 Å². The van der Waals surface area contributed by atoms with E-state index in [1.165, 1.54) is 6.07 Å². The molecule has 2 rings (SSSR count). The minimum Gasteiger partial charge on any atom is -0.369 e. The third-order valence-corrected chi connectivity index (χ3v) is 2.57. The largest absolute Gasteiger partial charge is 0.416 e. The van der Waals surface area contributed by atoms with Gasteiger partial charge in [-0.2, -0.15) is 13.2 Å². The molecule has 0 aliphatic carbocycles. The van der Waals surface area contributed by atoms with Gasteiger partial charge >= 0.3 is 6.18 Å². The van der Waals surface area contributed by atoms with Crippen LogP contribution in [0, 0.1) is 0 Å². The fraction of sp³-hybridized carbons (Fsp3) is 0.455. The molecule has 0 amide bonds. The number of piperazine rings is 1. The van der Waals surface area contributed by atoms with Gasteiger partial charge in [-0.3, -0.25) is 0 Å². The molecule has 1 saturated heterocycles. The van der Waals surface area contributed by atoms with Gasteiger partial charge in [0.15, 0.2) is 0 Å². The van der Waals surface area contributed by atoms with Gasteiger partial charge in [-0.1, -0.05) is 6.07 Å². The number of hydrogen-bond donors (Lipinski definition) is 1. The second-order valence-electron chi connectivity index (χ2n) is 3.70. The summed E-state index contributed by atoms with van der Waals surface area (Å²) in [5.74, 6) is 0. The van der Waals surface area contributed by atoms with Crippen LogP contribution in [0.2, 0.25) is 0 Å². The van der Waals surface area contributed by atoms with Crippen molar-refractivity contribution in [2.24, 2.45) is 0 Å². The monoisotopic (exact) mass is 231 g/mol. The lowest BCUT2D eigenvalue weighted by molar-refractivity contribution is -0.137. The van der Waals surface area contributed by atoms with Crippen molar-refractivity contribution < 1.29 is 14.5 Å². The number of anilines is 1. The first-order valence-electron chi connectivity index (χ1n) is 5.62. The first-order valence-corrected chi connectivity index (χ1v) is 5.12. The Morgan fingerprint density at radius 1 is 1.31 bits per heavy atom. The molecule has 0 spiro atoms. The lowest BCUT2D eigenvalue weighted by Gasteiger charge is -2.29. The highest BCUT2D eigenvalue weighted by Crippen LogP contribution is 2.31. The third kappa shape index (κ3) is 2.47. The van der Waals surface area contributed by atoms with E-state index in [1.807, 2.05) is 4.90 Å². The van der Waals surface area contributed by atoms with Crippen LogP contribution in [0.15, 0.2) is 24.2 Å². The fourth-order valence-electron chi connectivity index (χ4n) is 1.74. The van der Waals surface area contributed by atoms with Gasteiger partial charge in [0.25, 0.3) is 0 Å². The smallest absolute Gasteiger partial charge is 0.369 e. The molecule has 2 nitrogen and oxygen atoms in total. The molecule has 1 heterocycles. The molecule has 0 radical (unpaired) electrons. The molecule has 88 valence electrons. The molecule has 1 aromatic carbocycles. The summed E-state index contributed by atoms with van der Waals surface area (Å²) in [4.78, 5) is 1.89. The van der Waals surface area contributed by atoms with Crippen LogP contribution in [0.3, 0.4) is 0 Å². The summed E-state index contributed by atoms with van der Waals surface area (Å²) in [7, 11) is 0. The van der Waals surface area contributed by atoms with Crippen molar-refractivity contribution in [3.05, 3.63) is 29.8 Å². The van der Waals surface area contributed by atoms with Gasteiger partial charge in [0.05, 0.1) is 6.93 Å². The van der Waals surface area contributed by atoms with E-state index in [0.29, 0.717) is 18.8 Å². The molecule has 0 unspecified atom stereocenters. The Kier molecular flexibility index (Phi) is 2.70. The molecule has 5 heteroatoms. The Hall–Kier alpha value is -1.23. The van der Waals surface area contributed by atoms with Crippen LogP contribution >= 0.6 is 0 Å². The van der Waals surface area contributed by atoms with Crippen LogP contribution in [0.4, 0.5) is 18.9 Å². The number of rotatable bonds is 1. The van der Waals surface area contributed by atoms with Crippen LogP contribution in [-0.2, 0) is 6.18 Å². The highest BCUT2D eigenvalue weighted by atomic mass is 19.4. The SMILES string of the molecule is [2H]c1ccc(N2CCNCC2)cc1C(F)(F)F. The molecule has 0 aromatic heterocycles. The van der Waals surface area contributed by atoms with E-state index in [2.05, 4.69) is 5.32 Å². The molecule has 1 aliphatic heterocycles. The zero-order valence-corrected chi connectivity index (χ0v) is 8.64. The van der Waals surface area contributed by atoms with Crippen molar-refractivity contribution in [3.63, 3.8) is 0 Å². The van der Waals surface area contributed by atoms with Crippen molar-refractivity contribution in [3.8, 4) is 0 Å². The normalized spacial score (nSPS) is 18.4. The number of alkyl halides is 3. The van der Waals surface area contributed by atoms with Crippen LogP contribution in [-0.4, -0.2) is 26.2 Å². The zero-order valence-electron chi connectivity index (χ0n) is 9.64. The molecule has 1 aliphatic rings. The number of halogens is 3. The van der Waals surface area contributed by atoms with Gasteiger partial charge in [0.2, 0.25) is 0 Å². The summed E-state index contributed by atoms with van der Waals surface area (Å²) in [6, 6.07) is 3.37. The van der Waals surface area contributed by atoms with Crippen LogP contribution < -0.4 is 10.2 Å². The zero-order chi connectivity index (χ0) is 12.5. The molecular weight excluding hydrogens is 217 g/mol. The Balaban J connectivity index is 2.30. The minimum absolute atomic E-state index is 0.476.